The molecule has 2 saturated heterocycles. The summed E-state index contributed by atoms with van der Waals surface area (Å²) >= 11 is 0. The number of benzene rings is 2. The molecule has 4 atom stereocenters. The molecule has 2 aromatic carbocycles. The number of para-hydroxylation sites is 1. The zero-order valence-corrected chi connectivity index (χ0v) is 15.4. The number of amides is 1. The Morgan fingerprint density at radius 2 is 1.72 bits per heavy atom. The largest absolute Gasteiger partial charge is 0.441 e. The van der Waals surface area contributed by atoms with Crippen molar-refractivity contribution >= 4 is 11.8 Å². The van der Waals surface area contributed by atoms with Crippen molar-refractivity contribution in [3.05, 3.63) is 60.7 Å². The van der Waals surface area contributed by atoms with E-state index < -0.39 is 12.2 Å². The molecule has 9 nitrogen and oxygen atoms in total. The molecule has 0 unspecified atom stereocenters. The number of carbonyl (C=O) groups excluding carboxylic acids is 1. The van der Waals surface area contributed by atoms with Crippen molar-refractivity contribution in [1.29, 1.82) is 0 Å². The van der Waals surface area contributed by atoms with Gasteiger partial charge in [-0.25, -0.2) is 9.48 Å². The summed E-state index contributed by atoms with van der Waals surface area (Å²) < 4.78 is 19.1. The molecule has 2 fully saturated rings. The van der Waals surface area contributed by atoms with Crippen LogP contribution in [0.15, 0.2) is 60.7 Å². The Morgan fingerprint density at radius 1 is 1.00 bits per heavy atom. The van der Waals surface area contributed by atoms with Crippen LogP contribution in [0.3, 0.4) is 0 Å². The maximum atomic E-state index is 12.2. The van der Waals surface area contributed by atoms with Crippen molar-refractivity contribution in [2.24, 2.45) is 0 Å². The van der Waals surface area contributed by atoms with Gasteiger partial charge in [-0.05, 0) is 22.6 Å². The van der Waals surface area contributed by atoms with Crippen molar-refractivity contribution in [3.8, 4) is 11.4 Å². The first-order valence-corrected chi connectivity index (χ1v) is 9.39. The summed E-state index contributed by atoms with van der Waals surface area (Å²) in [5.41, 5.74) is 1.58. The number of carbonyl (C=O) groups is 1. The van der Waals surface area contributed by atoms with E-state index in [0.717, 1.165) is 5.56 Å². The first kappa shape index (κ1) is 17.8. The van der Waals surface area contributed by atoms with E-state index in [9.17, 15) is 4.79 Å². The van der Waals surface area contributed by atoms with Crippen molar-refractivity contribution in [2.45, 2.75) is 24.4 Å². The molecule has 3 aromatic rings. The van der Waals surface area contributed by atoms with E-state index in [1.165, 1.54) is 0 Å². The molecule has 148 valence electrons. The molecule has 5 rings (SSSR count). The van der Waals surface area contributed by atoms with E-state index in [0.29, 0.717) is 18.1 Å². The summed E-state index contributed by atoms with van der Waals surface area (Å²) in [7, 11) is 0. The molecule has 0 saturated carbocycles. The highest BCUT2D eigenvalue weighted by molar-refractivity contribution is 5.84. The molecule has 0 radical (unpaired) electrons. The lowest BCUT2D eigenvalue weighted by Crippen LogP contribution is -2.35. The van der Waals surface area contributed by atoms with Gasteiger partial charge in [0.25, 0.3) is 0 Å². The average Bonchev–Trinajstić information content (AvgIpc) is 3.47. The minimum absolute atomic E-state index is 0.198. The molecule has 2 aliphatic rings. The first-order valence-electron chi connectivity index (χ1n) is 9.39. The van der Waals surface area contributed by atoms with Gasteiger partial charge in [-0.3, -0.25) is 5.32 Å². The number of tetrazole rings is 1. The van der Waals surface area contributed by atoms with Crippen LogP contribution in [0, 0.1) is 0 Å². The minimum Gasteiger partial charge on any atom is -0.441 e. The predicted octanol–water partition coefficient (Wildman–Crippen LogP) is 2.30. The molecule has 1 amide bonds. The van der Waals surface area contributed by atoms with Gasteiger partial charge in [0.15, 0.2) is 11.9 Å². The van der Waals surface area contributed by atoms with E-state index in [1.807, 2.05) is 48.5 Å². The Kier molecular flexibility index (Phi) is 4.66. The smallest absolute Gasteiger partial charge is 0.412 e. The summed E-state index contributed by atoms with van der Waals surface area (Å²) in [6, 6.07) is 18.6. The van der Waals surface area contributed by atoms with Crippen molar-refractivity contribution in [2.75, 3.05) is 18.5 Å². The van der Waals surface area contributed by atoms with Gasteiger partial charge in [0.2, 0.25) is 0 Å². The van der Waals surface area contributed by atoms with Crippen LogP contribution in [0.5, 0.6) is 0 Å². The highest BCUT2D eigenvalue weighted by Crippen LogP contribution is 2.36. The van der Waals surface area contributed by atoms with Gasteiger partial charge in [0, 0.05) is 11.3 Å². The summed E-state index contributed by atoms with van der Waals surface area (Å²) in [5.74, 6) is 0.648. The van der Waals surface area contributed by atoms with Gasteiger partial charge in [-0.15, -0.1) is 5.10 Å². The van der Waals surface area contributed by atoms with Crippen LogP contribution in [0.1, 0.15) is 6.04 Å². The molecule has 1 aromatic heterocycles. The second kappa shape index (κ2) is 7.61. The number of hydrogen-bond donors (Lipinski definition) is 1. The lowest BCUT2D eigenvalue weighted by Gasteiger charge is -2.18. The quantitative estimate of drug-likeness (QED) is 0.726. The molecule has 2 aliphatic heterocycles. The third-order valence-electron chi connectivity index (χ3n) is 5.10. The summed E-state index contributed by atoms with van der Waals surface area (Å²) in [4.78, 5) is 12.2. The standard InChI is InChI=1S/C20H19N5O4/c26-20(21-14-9-5-2-6-10-14)29-16-12-28-17-15(11-27-18(16)17)25-19(22-23-24-25)13-7-3-1-4-8-13/h1-10,15-18H,11-12H2,(H,21,26)/t15-,16+,17+,18+/m0/s1. The third kappa shape index (κ3) is 3.45. The maximum absolute atomic E-state index is 12.2. The van der Waals surface area contributed by atoms with Gasteiger partial charge in [-0.2, -0.15) is 0 Å². The molecule has 3 heterocycles. The highest BCUT2D eigenvalue weighted by Gasteiger charge is 2.51. The molecule has 0 bridgehead atoms. The lowest BCUT2D eigenvalue weighted by molar-refractivity contribution is 0.00774. The Morgan fingerprint density at radius 3 is 2.52 bits per heavy atom. The third-order valence-corrected chi connectivity index (χ3v) is 5.10. The van der Waals surface area contributed by atoms with Crippen LogP contribution in [-0.2, 0) is 14.2 Å². The second-order valence-corrected chi connectivity index (χ2v) is 6.91. The minimum atomic E-state index is -0.537. The van der Waals surface area contributed by atoms with Crippen LogP contribution >= 0.6 is 0 Å². The van der Waals surface area contributed by atoms with Gasteiger partial charge in [-0.1, -0.05) is 48.5 Å². The molecular formula is C20H19N5O4. The second-order valence-electron chi connectivity index (χ2n) is 6.91. The number of ether oxygens (including phenoxy) is 3. The van der Waals surface area contributed by atoms with E-state index in [2.05, 4.69) is 20.8 Å². The van der Waals surface area contributed by atoms with Gasteiger partial charge in [0.1, 0.15) is 18.2 Å². The molecule has 0 spiro atoms. The van der Waals surface area contributed by atoms with Gasteiger partial charge in [0.05, 0.1) is 13.2 Å². The van der Waals surface area contributed by atoms with Crippen molar-refractivity contribution < 1.29 is 19.0 Å². The normalized spacial score (nSPS) is 25.5. The zero-order chi connectivity index (χ0) is 19.6. The Hall–Kier alpha value is -3.30. The highest BCUT2D eigenvalue weighted by atomic mass is 16.6. The number of nitrogens with zero attached hydrogens (tertiary/aromatic N) is 4. The van der Waals surface area contributed by atoms with Crippen LogP contribution in [0.25, 0.3) is 11.4 Å². The Bertz CT molecular complexity index is 981. The fourth-order valence-electron chi connectivity index (χ4n) is 3.76. The summed E-state index contributed by atoms with van der Waals surface area (Å²) in [5, 5.41) is 14.8. The van der Waals surface area contributed by atoms with E-state index in [1.54, 1.807) is 16.8 Å². The number of anilines is 1. The number of fused-ring (bicyclic) bond motifs is 1. The number of hydrogen-bond acceptors (Lipinski definition) is 7. The van der Waals surface area contributed by atoms with E-state index in [4.69, 9.17) is 14.2 Å². The van der Waals surface area contributed by atoms with E-state index in [-0.39, 0.29) is 24.9 Å². The molecule has 9 heteroatoms. The number of aromatic nitrogens is 4. The maximum Gasteiger partial charge on any atom is 0.412 e. The zero-order valence-electron chi connectivity index (χ0n) is 15.4. The predicted molar refractivity (Wildman–Crippen MR) is 102 cm³/mol. The summed E-state index contributed by atoms with van der Waals surface area (Å²) in [6.45, 7) is 0.636. The topological polar surface area (TPSA) is 100 Å². The van der Waals surface area contributed by atoms with Crippen LogP contribution in [0.4, 0.5) is 10.5 Å². The lowest BCUT2D eigenvalue weighted by atomic mass is 10.1. The van der Waals surface area contributed by atoms with Crippen LogP contribution in [0.2, 0.25) is 0 Å². The first-order chi connectivity index (χ1) is 14.3. The molecular weight excluding hydrogens is 374 g/mol. The van der Waals surface area contributed by atoms with Crippen molar-refractivity contribution in [3.63, 3.8) is 0 Å². The monoisotopic (exact) mass is 393 g/mol. The fourth-order valence-corrected chi connectivity index (χ4v) is 3.76. The number of rotatable bonds is 4. The molecule has 29 heavy (non-hydrogen) atoms. The molecule has 0 aliphatic carbocycles. The summed E-state index contributed by atoms with van der Waals surface area (Å²) in [6.07, 6.45) is -1.69. The number of nitrogens with one attached hydrogen (secondary N) is 1. The van der Waals surface area contributed by atoms with Crippen LogP contribution < -0.4 is 5.32 Å². The van der Waals surface area contributed by atoms with E-state index >= 15 is 0 Å². The average molecular weight is 393 g/mol. The molecule has 1 N–H and O–H groups in total. The fraction of sp³-hybridized carbons (Fsp3) is 0.300. The van der Waals surface area contributed by atoms with Crippen molar-refractivity contribution in [1.82, 2.24) is 20.2 Å². The Labute approximate surface area is 166 Å². The SMILES string of the molecule is O=C(Nc1ccccc1)O[C@@H]1CO[C@H]2[C@@H]1OC[C@@H]2n1nnnc1-c1ccccc1. The van der Waals surface area contributed by atoms with Gasteiger partial charge >= 0.3 is 6.09 Å². The Balaban J connectivity index is 1.28. The van der Waals surface area contributed by atoms with Gasteiger partial charge < -0.3 is 14.2 Å². The van der Waals surface area contributed by atoms with Crippen LogP contribution in [-0.4, -0.2) is 57.8 Å².